The van der Waals surface area contributed by atoms with Gasteiger partial charge in [-0.05, 0) is 50.0 Å². The molecule has 2 aliphatic rings. The van der Waals surface area contributed by atoms with Crippen LogP contribution >= 0.6 is 0 Å². The van der Waals surface area contributed by atoms with Crippen molar-refractivity contribution in [1.82, 2.24) is 9.80 Å². The molecular formula is C21H32N2O5. The van der Waals surface area contributed by atoms with Crippen molar-refractivity contribution >= 4 is 5.97 Å². The van der Waals surface area contributed by atoms with Gasteiger partial charge in [-0.2, -0.15) is 0 Å². The molecule has 0 aromatic heterocycles. The van der Waals surface area contributed by atoms with Crippen LogP contribution in [-0.2, 0) is 11.3 Å². The molecule has 156 valence electrons. The number of carboxylic acid groups (broad SMARTS) is 1. The van der Waals surface area contributed by atoms with Gasteiger partial charge in [0, 0.05) is 26.2 Å². The van der Waals surface area contributed by atoms with E-state index >= 15 is 0 Å². The number of carboxylic acids is 1. The topological polar surface area (TPSA) is 82.5 Å². The molecule has 7 nitrogen and oxygen atoms in total. The van der Waals surface area contributed by atoms with Crippen LogP contribution in [0.15, 0.2) is 18.2 Å². The highest BCUT2D eigenvalue weighted by Gasteiger charge is 2.33. The molecule has 2 aliphatic heterocycles. The number of aliphatic hydroxyl groups excluding tert-OH is 1. The Kier molecular flexibility index (Phi) is 7.53. The number of nitrogens with zero attached hydrogens (tertiary/aromatic N) is 2. The van der Waals surface area contributed by atoms with Crippen molar-refractivity contribution in [3.63, 3.8) is 0 Å². The Balaban J connectivity index is 1.54. The van der Waals surface area contributed by atoms with E-state index in [9.17, 15) is 15.0 Å². The number of likely N-dealkylation sites (tertiary alicyclic amines) is 2. The Morgan fingerprint density at radius 3 is 2.64 bits per heavy atom. The number of aliphatic carboxylic acids is 1. The van der Waals surface area contributed by atoms with Crippen molar-refractivity contribution in [2.75, 3.05) is 46.4 Å². The molecule has 2 fully saturated rings. The van der Waals surface area contributed by atoms with E-state index in [2.05, 4.69) is 9.80 Å². The average molecular weight is 392 g/mol. The molecule has 0 amide bonds. The number of aliphatic hydroxyl groups is 1. The highest BCUT2D eigenvalue weighted by atomic mass is 16.5. The molecule has 0 radical (unpaired) electrons. The van der Waals surface area contributed by atoms with Crippen LogP contribution in [0.1, 0.15) is 31.2 Å². The largest absolute Gasteiger partial charge is 0.493 e. The lowest BCUT2D eigenvalue weighted by Crippen LogP contribution is -2.46. The number of ether oxygens (including phenoxy) is 2. The van der Waals surface area contributed by atoms with Crippen LogP contribution in [0, 0.1) is 5.92 Å². The summed E-state index contributed by atoms with van der Waals surface area (Å²) in [6, 6.07) is 5.88. The second-order valence-corrected chi connectivity index (χ2v) is 7.77. The first-order valence-electron chi connectivity index (χ1n) is 10.2. The minimum absolute atomic E-state index is 0.354. The molecule has 0 saturated carbocycles. The van der Waals surface area contributed by atoms with Gasteiger partial charge in [-0.1, -0.05) is 12.5 Å². The standard InChI is InChI=1S/C21H32N2O5/c1-27-20-13-16(14-23-10-7-18(24)17(15-23)21(25)26)5-6-19(20)28-12-11-22-8-3-2-4-9-22/h5-6,13,17-18,24H,2-4,7-12,14-15H2,1H3,(H,25,26)/t17-,18-/m0/s1. The average Bonchev–Trinajstić information content (AvgIpc) is 2.71. The summed E-state index contributed by atoms with van der Waals surface area (Å²) >= 11 is 0. The summed E-state index contributed by atoms with van der Waals surface area (Å²) < 4.78 is 11.5. The van der Waals surface area contributed by atoms with Crippen molar-refractivity contribution in [2.45, 2.75) is 38.3 Å². The lowest BCUT2D eigenvalue weighted by Gasteiger charge is -2.34. The number of piperidine rings is 2. The van der Waals surface area contributed by atoms with E-state index in [1.54, 1.807) is 7.11 Å². The lowest BCUT2D eigenvalue weighted by atomic mass is 9.94. The Hall–Kier alpha value is -1.83. The first kappa shape index (κ1) is 20.9. The normalized spacial score (nSPS) is 24.1. The third kappa shape index (κ3) is 5.59. The van der Waals surface area contributed by atoms with Gasteiger partial charge in [-0.15, -0.1) is 0 Å². The quantitative estimate of drug-likeness (QED) is 0.698. The molecule has 2 atom stereocenters. The number of hydrogen-bond donors (Lipinski definition) is 2. The van der Waals surface area contributed by atoms with Gasteiger partial charge in [0.05, 0.1) is 19.1 Å². The first-order chi connectivity index (χ1) is 13.6. The zero-order chi connectivity index (χ0) is 19.9. The van der Waals surface area contributed by atoms with Crippen LogP contribution < -0.4 is 9.47 Å². The molecular weight excluding hydrogens is 360 g/mol. The number of methoxy groups -OCH3 is 1. The number of rotatable bonds is 8. The molecule has 2 N–H and O–H groups in total. The van der Waals surface area contributed by atoms with Crippen molar-refractivity contribution in [3.8, 4) is 11.5 Å². The summed E-state index contributed by atoms with van der Waals surface area (Å²) in [5, 5.41) is 19.1. The van der Waals surface area contributed by atoms with E-state index in [-0.39, 0.29) is 0 Å². The van der Waals surface area contributed by atoms with Gasteiger partial charge < -0.3 is 19.7 Å². The monoisotopic (exact) mass is 392 g/mol. The molecule has 28 heavy (non-hydrogen) atoms. The maximum absolute atomic E-state index is 11.3. The molecule has 3 rings (SSSR count). The second-order valence-electron chi connectivity index (χ2n) is 7.77. The molecule has 2 heterocycles. The van der Waals surface area contributed by atoms with Crippen LogP contribution in [0.3, 0.4) is 0 Å². The molecule has 1 aromatic carbocycles. The van der Waals surface area contributed by atoms with E-state index in [1.807, 2.05) is 18.2 Å². The Morgan fingerprint density at radius 2 is 1.93 bits per heavy atom. The smallest absolute Gasteiger partial charge is 0.310 e. The summed E-state index contributed by atoms with van der Waals surface area (Å²) in [6.07, 6.45) is 3.59. The van der Waals surface area contributed by atoms with Gasteiger partial charge in [0.1, 0.15) is 6.61 Å². The number of hydrogen-bond acceptors (Lipinski definition) is 6. The van der Waals surface area contributed by atoms with E-state index in [1.165, 1.54) is 19.3 Å². The van der Waals surface area contributed by atoms with E-state index in [4.69, 9.17) is 9.47 Å². The Bertz CT molecular complexity index is 648. The zero-order valence-electron chi connectivity index (χ0n) is 16.7. The van der Waals surface area contributed by atoms with Crippen LogP contribution in [0.25, 0.3) is 0 Å². The number of carbonyl (C=O) groups is 1. The predicted octanol–water partition coefficient (Wildman–Crippen LogP) is 1.83. The Morgan fingerprint density at radius 1 is 1.14 bits per heavy atom. The highest BCUT2D eigenvalue weighted by molar-refractivity contribution is 5.71. The van der Waals surface area contributed by atoms with Crippen LogP contribution in [-0.4, -0.2) is 78.5 Å². The van der Waals surface area contributed by atoms with Gasteiger partial charge in [0.2, 0.25) is 0 Å². The van der Waals surface area contributed by atoms with E-state index < -0.39 is 18.0 Å². The van der Waals surface area contributed by atoms with Crippen LogP contribution in [0.4, 0.5) is 0 Å². The van der Waals surface area contributed by atoms with Crippen molar-refractivity contribution in [1.29, 1.82) is 0 Å². The Labute approximate surface area is 166 Å². The predicted molar refractivity (Wildman–Crippen MR) is 106 cm³/mol. The fourth-order valence-corrected chi connectivity index (χ4v) is 4.05. The zero-order valence-corrected chi connectivity index (χ0v) is 16.7. The third-order valence-electron chi connectivity index (χ3n) is 5.73. The first-order valence-corrected chi connectivity index (χ1v) is 10.2. The number of benzene rings is 1. The summed E-state index contributed by atoms with van der Waals surface area (Å²) in [5.41, 5.74) is 1.04. The molecule has 0 spiro atoms. The van der Waals surface area contributed by atoms with Gasteiger partial charge in [0.15, 0.2) is 11.5 Å². The molecule has 7 heteroatoms. The van der Waals surface area contributed by atoms with Crippen molar-refractivity contribution < 1.29 is 24.5 Å². The van der Waals surface area contributed by atoms with Crippen molar-refractivity contribution in [2.24, 2.45) is 5.92 Å². The highest BCUT2D eigenvalue weighted by Crippen LogP contribution is 2.29. The minimum Gasteiger partial charge on any atom is -0.493 e. The SMILES string of the molecule is COc1cc(CN2CC[C@H](O)[C@@H](C(=O)O)C2)ccc1OCCN1CCCCC1. The molecule has 1 aromatic rings. The fraction of sp³-hybridized carbons (Fsp3) is 0.667. The molecule has 0 aliphatic carbocycles. The third-order valence-corrected chi connectivity index (χ3v) is 5.73. The fourth-order valence-electron chi connectivity index (χ4n) is 4.05. The lowest BCUT2D eigenvalue weighted by molar-refractivity contribution is -0.149. The molecule has 0 unspecified atom stereocenters. The van der Waals surface area contributed by atoms with Crippen molar-refractivity contribution in [3.05, 3.63) is 23.8 Å². The summed E-state index contributed by atoms with van der Waals surface area (Å²) in [7, 11) is 1.63. The second kappa shape index (κ2) is 10.1. The maximum Gasteiger partial charge on any atom is 0.310 e. The summed E-state index contributed by atoms with van der Waals surface area (Å²) in [5.74, 6) is -0.232. The van der Waals surface area contributed by atoms with Gasteiger partial charge in [0.25, 0.3) is 0 Å². The van der Waals surface area contributed by atoms with Gasteiger partial charge >= 0.3 is 5.97 Å². The van der Waals surface area contributed by atoms with E-state index in [0.717, 1.165) is 30.9 Å². The molecule has 2 saturated heterocycles. The van der Waals surface area contributed by atoms with Gasteiger partial charge in [-0.3, -0.25) is 14.6 Å². The minimum atomic E-state index is -0.938. The summed E-state index contributed by atoms with van der Waals surface area (Å²) in [4.78, 5) is 15.8. The summed E-state index contributed by atoms with van der Waals surface area (Å²) in [6.45, 7) is 5.54. The maximum atomic E-state index is 11.3. The van der Waals surface area contributed by atoms with Crippen LogP contribution in [0.2, 0.25) is 0 Å². The molecule has 0 bridgehead atoms. The van der Waals surface area contributed by atoms with E-state index in [0.29, 0.717) is 38.4 Å². The van der Waals surface area contributed by atoms with Crippen LogP contribution in [0.5, 0.6) is 11.5 Å². The van der Waals surface area contributed by atoms with Gasteiger partial charge in [-0.25, -0.2) is 0 Å².